The molecule has 1 aromatic rings. The van der Waals surface area contributed by atoms with Crippen molar-refractivity contribution in [2.75, 3.05) is 7.11 Å². The highest BCUT2D eigenvalue weighted by Gasteiger charge is 2.22. The Kier molecular flexibility index (Phi) is 5.92. The molecule has 0 saturated carbocycles. The summed E-state index contributed by atoms with van der Waals surface area (Å²) in [5, 5.41) is 11.6. The number of aliphatic carboxylic acids is 1. The summed E-state index contributed by atoms with van der Waals surface area (Å²) in [7, 11) is 1.20. The van der Waals surface area contributed by atoms with Crippen LogP contribution in [-0.4, -0.2) is 41.1 Å². The molecule has 0 aromatic carbocycles. The van der Waals surface area contributed by atoms with Gasteiger partial charge in [-0.25, -0.2) is 9.78 Å². The fraction of sp³-hybridized carbons (Fsp3) is 0.333. The van der Waals surface area contributed by atoms with Crippen molar-refractivity contribution >= 4 is 29.4 Å². The number of rotatable bonds is 6. The lowest BCUT2D eigenvalue weighted by atomic mass is 10.1. The lowest BCUT2D eigenvalue weighted by molar-refractivity contribution is -0.142. The zero-order valence-corrected chi connectivity index (χ0v) is 11.4. The van der Waals surface area contributed by atoms with Crippen LogP contribution in [0.4, 0.5) is 0 Å². The summed E-state index contributed by atoms with van der Waals surface area (Å²) in [5.41, 5.74) is 0.0405. The molecule has 1 unspecified atom stereocenters. The second kappa shape index (κ2) is 7.44. The van der Waals surface area contributed by atoms with Crippen LogP contribution in [0.1, 0.15) is 23.3 Å². The molecule has 7 nitrogen and oxygen atoms in total. The summed E-state index contributed by atoms with van der Waals surface area (Å²) in [6.07, 6.45) is 1.10. The maximum Gasteiger partial charge on any atom is 0.326 e. The third kappa shape index (κ3) is 4.85. The van der Waals surface area contributed by atoms with Crippen molar-refractivity contribution in [2.45, 2.75) is 18.9 Å². The maximum atomic E-state index is 11.8. The fourth-order valence-electron chi connectivity index (χ4n) is 1.36. The van der Waals surface area contributed by atoms with E-state index in [-0.39, 0.29) is 18.5 Å². The minimum Gasteiger partial charge on any atom is -0.480 e. The van der Waals surface area contributed by atoms with Crippen LogP contribution >= 0.6 is 11.6 Å². The Morgan fingerprint density at radius 3 is 2.65 bits per heavy atom. The van der Waals surface area contributed by atoms with Gasteiger partial charge < -0.3 is 15.2 Å². The van der Waals surface area contributed by atoms with E-state index in [2.05, 4.69) is 15.0 Å². The maximum absolute atomic E-state index is 11.8. The molecule has 1 aromatic heterocycles. The van der Waals surface area contributed by atoms with Crippen molar-refractivity contribution < 1.29 is 24.2 Å². The highest BCUT2D eigenvalue weighted by atomic mass is 35.5. The van der Waals surface area contributed by atoms with Gasteiger partial charge in [-0.05, 0) is 18.6 Å². The van der Waals surface area contributed by atoms with Crippen molar-refractivity contribution in [2.24, 2.45) is 0 Å². The number of carboxylic acid groups (broad SMARTS) is 1. The second-order valence-corrected chi connectivity index (χ2v) is 4.28. The molecule has 0 aliphatic carbocycles. The van der Waals surface area contributed by atoms with Gasteiger partial charge in [-0.15, -0.1) is 0 Å². The molecular weight excluding hydrogens is 288 g/mol. The van der Waals surface area contributed by atoms with Crippen molar-refractivity contribution in [3.63, 3.8) is 0 Å². The molecule has 0 aliphatic rings. The molecule has 1 heterocycles. The van der Waals surface area contributed by atoms with Crippen molar-refractivity contribution in [3.05, 3.63) is 29.0 Å². The SMILES string of the molecule is COC(=O)CCC(NC(=O)c1ccc(Cl)cn1)C(=O)O. The number of hydrogen-bond acceptors (Lipinski definition) is 5. The quantitative estimate of drug-likeness (QED) is 0.755. The Morgan fingerprint density at radius 2 is 2.15 bits per heavy atom. The number of carboxylic acids is 1. The molecule has 0 bridgehead atoms. The lowest BCUT2D eigenvalue weighted by Gasteiger charge is -2.13. The van der Waals surface area contributed by atoms with Gasteiger partial charge in [0.05, 0.1) is 12.1 Å². The molecule has 8 heteroatoms. The van der Waals surface area contributed by atoms with Gasteiger partial charge in [0.1, 0.15) is 11.7 Å². The summed E-state index contributed by atoms with van der Waals surface area (Å²) >= 11 is 5.63. The van der Waals surface area contributed by atoms with Gasteiger partial charge in [0, 0.05) is 12.6 Å². The van der Waals surface area contributed by atoms with E-state index >= 15 is 0 Å². The Morgan fingerprint density at radius 1 is 1.45 bits per heavy atom. The Balaban J connectivity index is 2.65. The number of nitrogens with zero attached hydrogens (tertiary/aromatic N) is 1. The Bertz CT molecular complexity index is 503. The molecule has 1 rings (SSSR count). The average Bonchev–Trinajstić information content (AvgIpc) is 2.43. The number of carbonyl (C=O) groups is 3. The number of halogens is 1. The number of aromatic nitrogens is 1. The molecule has 1 atom stereocenters. The van der Waals surface area contributed by atoms with E-state index in [4.69, 9.17) is 16.7 Å². The molecule has 0 fully saturated rings. The number of methoxy groups -OCH3 is 1. The number of pyridine rings is 1. The number of esters is 1. The number of nitrogens with one attached hydrogen (secondary N) is 1. The predicted octanol–water partition coefficient (Wildman–Crippen LogP) is 0.871. The average molecular weight is 301 g/mol. The summed E-state index contributed by atoms with van der Waals surface area (Å²) in [6, 6.07) is 1.64. The van der Waals surface area contributed by atoms with Gasteiger partial charge >= 0.3 is 11.9 Å². The monoisotopic (exact) mass is 300 g/mol. The molecule has 1 amide bonds. The van der Waals surface area contributed by atoms with E-state index in [1.54, 1.807) is 0 Å². The van der Waals surface area contributed by atoms with Gasteiger partial charge in [-0.1, -0.05) is 11.6 Å². The summed E-state index contributed by atoms with van der Waals surface area (Å²) < 4.78 is 4.41. The number of carbonyl (C=O) groups excluding carboxylic acids is 2. The van der Waals surface area contributed by atoms with E-state index in [1.807, 2.05) is 0 Å². The second-order valence-electron chi connectivity index (χ2n) is 3.84. The van der Waals surface area contributed by atoms with Crippen LogP contribution in [0.5, 0.6) is 0 Å². The van der Waals surface area contributed by atoms with E-state index < -0.39 is 23.9 Å². The van der Waals surface area contributed by atoms with Crippen LogP contribution in [0.25, 0.3) is 0 Å². The van der Waals surface area contributed by atoms with Gasteiger partial charge in [-0.3, -0.25) is 9.59 Å². The van der Waals surface area contributed by atoms with Crippen LogP contribution in [0, 0.1) is 0 Å². The van der Waals surface area contributed by atoms with Crippen LogP contribution in [0.2, 0.25) is 5.02 Å². The smallest absolute Gasteiger partial charge is 0.326 e. The van der Waals surface area contributed by atoms with E-state index in [0.717, 1.165) is 0 Å². The van der Waals surface area contributed by atoms with Crippen molar-refractivity contribution in [1.82, 2.24) is 10.3 Å². The number of amides is 1. The van der Waals surface area contributed by atoms with Crippen LogP contribution in [0.3, 0.4) is 0 Å². The summed E-state index contributed by atoms with van der Waals surface area (Å²) in [6.45, 7) is 0. The zero-order valence-electron chi connectivity index (χ0n) is 10.6. The van der Waals surface area contributed by atoms with Gasteiger partial charge in [0.15, 0.2) is 0 Å². The fourth-order valence-corrected chi connectivity index (χ4v) is 1.48. The molecule has 0 radical (unpaired) electrons. The van der Waals surface area contributed by atoms with Crippen LogP contribution in [-0.2, 0) is 14.3 Å². The molecule has 20 heavy (non-hydrogen) atoms. The Hall–Kier alpha value is -2.15. The minimum absolute atomic E-state index is 0.0405. The number of ether oxygens (including phenoxy) is 1. The van der Waals surface area contributed by atoms with Crippen LogP contribution < -0.4 is 5.32 Å². The predicted molar refractivity (Wildman–Crippen MR) is 69.4 cm³/mol. The van der Waals surface area contributed by atoms with Gasteiger partial charge in [0.25, 0.3) is 5.91 Å². The number of hydrogen-bond donors (Lipinski definition) is 2. The first-order valence-electron chi connectivity index (χ1n) is 5.66. The third-order valence-corrected chi connectivity index (χ3v) is 2.65. The van der Waals surface area contributed by atoms with Gasteiger partial charge in [0.2, 0.25) is 0 Å². The highest BCUT2D eigenvalue weighted by molar-refractivity contribution is 6.30. The molecular formula is C12H13ClN2O5. The first kappa shape index (κ1) is 15.9. The molecule has 0 aliphatic heterocycles. The van der Waals surface area contributed by atoms with Crippen molar-refractivity contribution in [1.29, 1.82) is 0 Å². The largest absolute Gasteiger partial charge is 0.480 e. The molecule has 108 valence electrons. The van der Waals surface area contributed by atoms with Crippen molar-refractivity contribution in [3.8, 4) is 0 Å². The molecule has 0 spiro atoms. The lowest BCUT2D eigenvalue weighted by Crippen LogP contribution is -2.41. The van der Waals surface area contributed by atoms with E-state index in [9.17, 15) is 14.4 Å². The first-order valence-corrected chi connectivity index (χ1v) is 6.04. The van der Waals surface area contributed by atoms with Crippen LogP contribution in [0.15, 0.2) is 18.3 Å². The van der Waals surface area contributed by atoms with Gasteiger partial charge in [-0.2, -0.15) is 0 Å². The zero-order chi connectivity index (χ0) is 15.1. The standard InChI is InChI=1S/C12H13ClN2O5/c1-20-10(16)5-4-9(12(18)19)15-11(17)8-3-2-7(13)6-14-8/h2-3,6,9H,4-5H2,1H3,(H,15,17)(H,18,19). The van der Waals surface area contributed by atoms with E-state index in [0.29, 0.717) is 5.02 Å². The highest BCUT2D eigenvalue weighted by Crippen LogP contribution is 2.07. The Labute approximate surface area is 119 Å². The minimum atomic E-state index is -1.24. The topological polar surface area (TPSA) is 106 Å². The third-order valence-electron chi connectivity index (χ3n) is 2.43. The first-order chi connectivity index (χ1) is 9.43. The van der Waals surface area contributed by atoms with E-state index in [1.165, 1.54) is 25.4 Å². The molecule has 2 N–H and O–H groups in total. The normalized spacial score (nSPS) is 11.5. The molecule has 0 saturated heterocycles. The summed E-state index contributed by atoms with van der Waals surface area (Å²) in [4.78, 5) is 37.6. The summed E-state index contributed by atoms with van der Waals surface area (Å²) in [5.74, 6) is -2.44.